The number of aromatic carboxylic acids is 1. The lowest BCUT2D eigenvalue weighted by molar-refractivity contribution is 0.0628. The van der Waals surface area contributed by atoms with E-state index in [9.17, 15) is 9.59 Å². The van der Waals surface area contributed by atoms with Crippen LogP contribution in [-0.4, -0.2) is 62.2 Å². The van der Waals surface area contributed by atoms with Crippen LogP contribution in [-0.2, 0) is 0 Å². The third kappa shape index (κ3) is 3.88. The van der Waals surface area contributed by atoms with Crippen LogP contribution < -0.4 is 4.90 Å². The minimum atomic E-state index is -1.22. The number of carbonyl (C=O) groups is 2. The number of nitrogens with zero attached hydrogens (tertiary/aromatic N) is 5. The van der Waals surface area contributed by atoms with Crippen molar-refractivity contribution in [2.24, 2.45) is 0 Å². The summed E-state index contributed by atoms with van der Waals surface area (Å²) in [5, 5.41) is 12.4. The second-order valence-corrected chi connectivity index (χ2v) is 7.81. The van der Waals surface area contributed by atoms with Gasteiger partial charge in [-0.2, -0.15) is 4.98 Å². The quantitative estimate of drug-likeness (QED) is 0.637. The van der Waals surface area contributed by atoms with E-state index in [1.165, 1.54) is 6.39 Å². The standard InChI is InChI=1S/C21H21N5O5/c27-19(14-3-1-13(2-4-14)17-11-22-12-30-17)26(15-5-6-15)16-7-9-25(10-8-16)21-23-18(20(28)29)24-31-21/h1-4,11-12,15-16H,5-10H2,(H,28,29). The van der Waals surface area contributed by atoms with Crippen molar-refractivity contribution in [1.29, 1.82) is 0 Å². The fraction of sp³-hybridized carbons (Fsp3) is 0.381. The molecule has 0 radical (unpaired) electrons. The van der Waals surface area contributed by atoms with Gasteiger partial charge in [-0.15, -0.1) is 0 Å². The SMILES string of the molecule is O=C(O)c1noc(N2CCC(N(C(=O)c3ccc(-c4cnco4)cc3)C3CC3)CC2)n1. The van der Waals surface area contributed by atoms with Crippen molar-refractivity contribution in [3.05, 3.63) is 48.2 Å². The minimum absolute atomic E-state index is 0.0380. The first-order valence-electron chi connectivity index (χ1n) is 10.2. The van der Waals surface area contributed by atoms with Crippen LogP contribution in [0.4, 0.5) is 6.01 Å². The van der Waals surface area contributed by atoms with Crippen LogP contribution in [0.25, 0.3) is 11.3 Å². The number of anilines is 1. The van der Waals surface area contributed by atoms with Crippen molar-refractivity contribution in [2.45, 2.75) is 37.8 Å². The van der Waals surface area contributed by atoms with Crippen LogP contribution in [0.1, 0.15) is 46.7 Å². The number of benzene rings is 1. The summed E-state index contributed by atoms with van der Waals surface area (Å²) in [7, 11) is 0. The summed E-state index contributed by atoms with van der Waals surface area (Å²) in [6.07, 6.45) is 6.57. The molecular formula is C21H21N5O5. The summed E-state index contributed by atoms with van der Waals surface area (Å²) in [4.78, 5) is 36.0. The van der Waals surface area contributed by atoms with Crippen molar-refractivity contribution in [3.8, 4) is 11.3 Å². The van der Waals surface area contributed by atoms with Gasteiger partial charge in [-0.3, -0.25) is 4.79 Å². The van der Waals surface area contributed by atoms with Gasteiger partial charge in [-0.25, -0.2) is 9.78 Å². The summed E-state index contributed by atoms with van der Waals surface area (Å²) in [5.74, 6) is -0.862. The smallest absolute Gasteiger partial charge is 0.377 e. The lowest BCUT2D eigenvalue weighted by atomic mass is 10.0. The molecule has 31 heavy (non-hydrogen) atoms. The van der Waals surface area contributed by atoms with E-state index in [1.54, 1.807) is 6.20 Å². The minimum Gasteiger partial charge on any atom is -0.475 e. The van der Waals surface area contributed by atoms with E-state index in [4.69, 9.17) is 14.0 Å². The zero-order chi connectivity index (χ0) is 21.4. The number of amides is 1. The number of hydrogen-bond acceptors (Lipinski definition) is 8. The molecule has 2 aliphatic rings. The Hall–Kier alpha value is -3.69. The number of rotatable bonds is 6. The summed E-state index contributed by atoms with van der Waals surface area (Å²) in [6.45, 7) is 1.24. The number of piperidine rings is 1. The molecule has 3 heterocycles. The third-order valence-electron chi connectivity index (χ3n) is 5.76. The Labute approximate surface area is 177 Å². The van der Waals surface area contributed by atoms with Crippen LogP contribution >= 0.6 is 0 Å². The lowest BCUT2D eigenvalue weighted by Crippen LogP contribution is -2.48. The molecule has 2 fully saturated rings. The molecule has 160 valence electrons. The fourth-order valence-corrected chi connectivity index (χ4v) is 4.03. The summed E-state index contributed by atoms with van der Waals surface area (Å²) in [5.41, 5.74) is 1.53. The van der Waals surface area contributed by atoms with Crippen molar-refractivity contribution >= 4 is 17.9 Å². The van der Waals surface area contributed by atoms with E-state index in [0.717, 1.165) is 31.2 Å². The Morgan fingerprint density at radius 2 is 1.77 bits per heavy atom. The maximum atomic E-state index is 13.3. The molecule has 1 aromatic carbocycles. The Morgan fingerprint density at radius 3 is 2.35 bits per heavy atom. The van der Waals surface area contributed by atoms with Crippen LogP contribution in [0.3, 0.4) is 0 Å². The Balaban J connectivity index is 1.27. The van der Waals surface area contributed by atoms with Gasteiger partial charge in [0.15, 0.2) is 12.2 Å². The van der Waals surface area contributed by atoms with Crippen LogP contribution in [0.5, 0.6) is 0 Å². The molecule has 10 nitrogen and oxygen atoms in total. The Morgan fingerprint density at radius 1 is 1.06 bits per heavy atom. The average Bonchev–Trinajstić information content (AvgIpc) is 3.27. The van der Waals surface area contributed by atoms with E-state index in [2.05, 4.69) is 15.1 Å². The number of carboxylic acids is 1. The van der Waals surface area contributed by atoms with Gasteiger partial charge in [0.1, 0.15) is 0 Å². The van der Waals surface area contributed by atoms with E-state index >= 15 is 0 Å². The number of carbonyl (C=O) groups excluding carboxylic acids is 1. The molecule has 0 atom stereocenters. The van der Waals surface area contributed by atoms with Crippen LogP contribution in [0.2, 0.25) is 0 Å². The fourth-order valence-electron chi connectivity index (χ4n) is 4.03. The van der Waals surface area contributed by atoms with Gasteiger partial charge in [-0.05, 0) is 43.0 Å². The maximum Gasteiger partial charge on any atom is 0.377 e. The van der Waals surface area contributed by atoms with E-state index in [-0.39, 0.29) is 29.8 Å². The highest BCUT2D eigenvalue weighted by Crippen LogP contribution is 2.34. The van der Waals surface area contributed by atoms with Gasteiger partial charge in [0.05, 0.1) is 6.20 Å². The van der Waals surface area contributed by atoms with Gasteiger partial charge in [0.25, 0.3) is 11.7 Å². The first-order valence-corrected chi connectivity index (χ1v) is 10.2. The third-order valence-corrected chi connectivity index (χ3v) is 5.76. The first kappa shape index (κ1) is 19.3. The highest BCUT2D eigenvalue weighted by molar-refractivity contribution is 5.95. The molecule has 1 saturated heterocycles. The molecule has 1 saturated carbocycles. The molecule has 1 aliphatic carbocycles. The summed E-state index contributed by atoms with van der Waals surface area (Å²) < 4.78 is 10.4. The molecule has 0 unspecified atom stereocenters. The van der Waals surface area contributed by atoms with Crippen molar-refractivity contribution in [3.63, 3.8) is 0 Å². The molecule has 0 spiro atoms. The highest BCUT2D eigenvalue weighted by Gasteiger charge is 2.39. The number of aromatic nitrogens is 3. The zero-order valence-electron chi connectivity index (χ0n) is 16.7. The van der Waals surface area contributed by atoms with Crippen molar-refractivity contribution in [2.75, 3.05) is 18.0 Å². The van der Waals surface area contributed by atoms with Crippen molar-refractivity contribution < 1.29 is 23.6 Å². The zero-order valence-corrected chi connectivity index (χ0v) is 16.7. The number of carboxylic acid groups (broad SMARTS) is 1. The highest BCUT2D eigenvalue weighted by atomic mass is 16.5. The van der Waals surface area contributed by atoms with Gasteiger partial charge >= 0.3 is 12.0 Å². The molecule has 0 bridgehead atoms. The number of oxazole rings is 1. The molecular weight excluding hydrogens is 402 g/mol. The molecule has 5 rings (SSSR count). The second kappa shape index (κ2) is 7.86. The summed E-state index contributed by atoms with van der Waals surface area (Å²) >= 11 is 0. The van der Waals surface area contributed by atoms with Crippen LogP contribution in [0.15, 0.2) is 45.8 Å². The lowest BCUT2D eigenvalue weighted by Gasteiger charge is -2.38. The van der Waals surface area contributed by atoms with Crippen LogP contribution in [0, 0.1) is 0 Å². The topological polar surface area (TPSA) is 126 Å². The van der Waals surface area contributed by atoms with Crippen molar-refractivity contribution in [1.82, 2.24) is 20.0 Å². The average molecular weight is 423 g/mol. The van der Waals surface area contributed by atoms with Gasteiger partial charge in [0, 0.05) is 36.3 Å². The predicted octanol–water partition coefficient (Wildman–Crippen LogP) is 2.70. The second-order valence-electron chi connectivity index (χ2n) is 7.81. The Bertz CT molecular complexity index is 1070. The maximum absolute atomic E-state index is 13.3. The molecule has 3 aromatic rings. The number of hydrogen-bond donors (Lipinski definition) is 1. The van der Waals surface area contributed by atoms with Gasteiger partial charge < -0.3 is 23.8 Å². The predicted molar refractivity (Wildman–Crippen MR) is 108 cm³/mol. The summed E-state index contributed by atoms with van der Waals surface area (Å²) in [6, 6.07) is 8.01. The molecule has 1 amide bonds. The van der Waals surface area contributed by atoms with Gasteiger partial charge in [-0.1, -0.05) is 12.1 Å². The molecule has 2 aromatic heterocycles. The monoisotopic (exact) mass is 423 g/mol. The normalized spacial score (nSPS) is 17.0. The van der Waals surface area contributed by atoms with E-state index in [1.807, 2.05) is 34.1 Å². The van der Waals surface area contributed by atoms with E-state index < -0.39 is 5.97 Å². The first-order chi connectivity index (χ1) is 15.1. The largest absolute Gasteiger partial charge is 0.475 e. The Kier molecular flexibility index (Phi) is 4.89. The molecule has 1 N–H and O–H groups in total. The van der Waals surface area contributed by atoms with E-state index in [0.29, 0.717) is 24.4 Å². The van der Waals surface area contributed by atoms with Gasteiger partial charge in [0.2, 0.25) is 0 Å². The molecule has 1 aliphatic heterocycles. The molecule has 10 heteroatoms.